The molecule has 2 heterocycles. The number of nitrogens with one attached hydrogen (secondary N) is 1. The van der Waals surface area contributed by atoms with Crippen molar-refractivity contribution in [1.82, 2.24) is 20.0 Å². The molecule has 1 aliphatic heterocycles. The smallest absolute Gasteiger partial charge is 0.193 e. The quantitative estimate of drug-likeness (QED) is 0.413. The predicted molar refractivity (Wildman–Crippen MR) is 116 cm³/mol. The van der Waals surface area contributed by atoms with Gasteiger partial charge in [0.05, 0.1) is 6.20 Å². The van der Waals surface area contributed by atoms with Gasteiger partial charge in [0.25, 0.3) is 0 Å². The fraction of sp³-hybridized carbons (Fsp3) is 0.500. The Bertz CT molecular complexity index is 814. The Hall–Kier alpha value is -1.64. The number of hydrogen-bond acceptors (Lipinski definition) is 2. The largest absolute Gasteiger partial charge is 0.355 e. The van der Waals surface area contributed by atoms with E-state index in [-0.39, 0.29) is 35.2 Å². The highest BCUT2D eigenvalue weighted by Gasteiger charge is 2.44. The average molecular weight is 483 g/mol. The summed E-state index contributed by atoms with van der Waals surface area (Å²) in [6, 6.07) is 7.02. The minimum atomic E-state index is -0.156. The van der Waals surface area contributed by atoms with Gasteiger partial charge in [0, 0.05) is 51.3 Å². The fourth-order valence-electron chi connectivity index (χ4n) is 3.99. The van der Waals surface area contributed by atoms with Crippen LogP contribution in [0.25, 0.3) is 0 Å². The second kappa shape index (κ2) is 8.16. The first kappa shape index (κ1) is 20.1. The third-order valence-electron chi connectivity index (χ3n) is 5.77. The van der Waals surface area contributed by atoms with Gasteiger partial charge < -0.3 is 10.2 Å². The van der Waals surface area contributed by atoms with Crippen LogP contribution >= 0.6 is 24.0 Å². The van der Waals surface area contributed by atoms with E-state index in [4.69, 9.17) is 0 Å². The van der Waals surface area contributed by atoms with Gasteiger partial charge in [-0.25, -0.2) is 4.39 Å². The van der Waals surface area contributed by atoms with E-state index in [9.17, 15) is 4.39 Å². The fourth-order valence-corrected chi connectivity index (χ4v) is 3.99. The summed E-state index contributed by atoms with van der Waals surface area (Å²) in [5.41, 5.74) is 2.44. The highest BCUT2D eigenvalue weighted by Crippen LogP contribution is 2.47. The van der Waals surface area contributed by atoms with E-state index in [2.05, 4.69) is 26.5 Å². The second-order valence-corrected chi connectivity index (χ2v) is 7.57. The number of halogens is 2. The summed E-state index contributed by atoms with van der Waals surface area (Å²) in [5, 5.41) is 7.83. The molecule has 0 bridgehead atoms. The van der Waals surface area contributed by atoms with Gasteiger partial charge in [-0.05, 0) is 42.5 Å². The highest BCUT2D eigenvalue weighted by atomic mass is 127. The van der Waals surface area contributed by atoms with Crippen LogP contribution in [0.15, 0.2) is 41.7 Å². The Kier molecular flexibility index (Phi) is 6.08. The van der Waals surface area contributed by atoms with Gasteiger partial charge in [0.2, 0.25) is 0 Å². The van der Waals surface area contributed by atoms with Gasteiger partial charge >= 0.3 is 0 Å². The lowest BCUT2D eigenvalue weighted by Gasteiger charge is -2.24. The van der Waals surface area contributed by atoms with E-state index in [0.717, 1.165) is 50.4 Å². The molecule has 1 N–H and O–H groups in total. The lowest BCUT2D eigenvalue weighted by atomic mass is 9.96. The first-order valence-electron chi connectivity index (χ1n) is 9.30. The molecular formula is C20H27FIN5. The molecule has 1 aliphatic carbocycles. The molecule has 5 nitrogen and oxygen atoms in total. The van der Waals surface area contributed by atoms with Crippen LogP contribution in [0, 0.1) is 5.82 Å². The molecule has 2 fully saturated rings. The van der Waals surface area contributed by atoms with E-state index in [1.165, 1.54) is 11.6 Å². The molecule has 146 valence electrons. The Morgan fingerprint density at radius 2 is 2.22 bits per heavy atom. The summed E-state index contributed by atoms with van der Waals surface area (Å²) in [6.45, 7) is 2.75. The lowest BCUT2D eigenvalue weighted by molar-refractivity contribution is 0.478. The first-order valence-corrected chi connectivity index (χ1v) is 9.30. The van der Waals surface area contributed by atoms with E-state index < -0.39 is 0 Å². The Balaban J connectivity index is 0.00000210. The predicted octanol–water partition coefficient (Wildman–Crippen LogP) is 3.27. The number of aromatic nitrogens is 2. The van der Waals surface area contributed by atoms with Crippen molar-refractivity contribution < 1.29 is 4.39 Å². The maximum atomic E-state index is 13.6. The maximum Gasteiger partial charge on any atom is 0.193 e. The molecule has 0 spiro atoms. The van der Waals surface area contributed by atoms with Gasteiger partial charge in [0.1, 0.15) is 5.82 Å². The Morgan fingerprint density at radius 1 is 1.41 bits per heavy atom. The summed E-state index contributed by atoms with van der Waals surface area (Å²) in [6.07, 6.45) is 7.37. The number of benzene rings is 1. The molecule has 2 aliphatic rings. The van der Waals surface area contributed by atoms with Gasteiger partial charge in [0.15, 0.2) is 5.96 Å². The van der Waals surface area contributed by atoms with Gasteiger partial charge in [-0.3, -0.25) is 9.67 Å². The van der Waals surface area contributed by atoms with Crippen molar-refractivity contribution in [2.75, 3.05) is 26.7 Å². The third kappa shape index (κ3) is 4.28. The van der Waals surface area contributed by atoms with Crippen LogP contribution in [0.4, 0.5) is 4.39 Å². The Morgan fingerprint density at radius 3 is 2.85 bits per heavy atom. The third-order valence-corrected chi connectivity index (χ3v) is 5.77. The lowest BCUT2D eigenvalue weighted by Crippen LogP contribution is -2.43. The second-order valence-electron chi connectivity index (χ2n) is 7.57. The van der Waals surface area contributed by atoms with Crippen LogP contribution in [0.3, 0.4) is 0 Å². The first-order chi connectivity index (χ1) is 12.6. The molecule has 1 aromatic carbocycles. The van der Waals surface area contributed by atoms with Crippen LogP contribution in [0.2, 0.25) is 0 Å². The number of aliphatic imine (C=N–C) groups is 1. The summed E-state index contributed by atoms with van der Waals surface area (Å²) in [4.78, 5) is 6.80. The average Bonchev–Trinajstić information content (AvgIpc) is 3.05. The van der Waals surface area contributed by atoms with Crippen molar-refractivity contribution in [3.05, 3.63) is 53.6 Å². The molecule has 1 aromatic heterocycles. The van der Waals surface area contributed by atoms with Crippen molar-refractivity contribution >= 4 is 29.9 Å². The molecule has 1 atom stereocenters. The highest BCUT2D eigenvalue weighted by molar-refractivity contribution is 14.0. The number of rotatable bonds is 4. The van der Waals surface area contributed by atoms with E-state index in [0.29, 0.717) is 5.92 Å². The standard InChI is InChI=1S/C20H26FN5.HI/c1-22-19(26-9-6-15(13-26)16-11-24-25(2)12-16)23-14-20(7-8-20)17-4-3-5-18(21)10-17;/h3-5,10-12,15H,6-9,13-14H2,1-2H3,(H,22,23);1H. The number of nitrogens with zero attached hydrogens (tertiary/aromatic N) is 4. The van der Waals surface area contributed by atoms with E-state index in [1.807, 2.05) is 31.0 Å². The van der Waals surface area contributed by atoms with Gasteiger partial charge in [-0.1, -0.05) is 12.1 Å². The number of hydrogen-bond donors (Lipinski definition) is 1. The van der Waals surface area contributed by atoms with Crippen LogP contribution < -0.4 is 5.32 Å². The molecule has 1 unspecified atom stereocenters. The van der Waals surface area contributed by atoms with Crippen molar-refractivity contribution in [2.45, 2.75) is 30.6 Å². The van der Waals surface area contributed by atoms with Gasteiger partial charge in [-0.15, -0.1) is 24.0 Å². The monoisotopic (exact) mass is 483 g/mol. The molecular weight excluding hydrogens is 456 g/mol. The zero-order valence-electron chi connectivity index (χ0n) is 15.9. The van der Waals surface area contributed by atoms with Crippen LogP contribution in [0.1, 0.15) is 36.3 Å². The molecule has 27 heavy (non-hydrogen) atoms. The summed E-state index contributed by atoms with van der Waals surface area (Å²) >= 11 is 0. The summed E-state index contributed by atoms with van der Waals surface area (Å²) in [7, 11) is 3.79. The SMILES string of the molecule is CN=C(NCC1(c2cccc(F)c2)CC1)N1CCC(c2cnn(C)c2)C1.I. The van der Waals surface area contributed by atoms with Crippen molar-refractivity contribution in [3.8, 4) is 0 Å². The van der Waals surface area contributed by atoms with E-state index in [1.54, 1.807) is 12.1 Å². The normalized spacial score (nSPS) is 21.1. The summed E-state index contributed by atoms with van der Waals surface area (Å²) in [5.74, 6) is 1.29. The molecule has 2 aromatic rings. The molecule has 7 heteroatoms. The van der Waals surface area contributed by atoms with Crippen LogP contribution in [-0.4, -0.2) is 47.3 Å². The van der Waals surface area contributed by atoms with Crippen molar-refractivity contribution in [1.29, 1.82) is 0 Å². The Labute approximate surface area is 177 Å². The minimum absolute atomic E-state index is 0. The molecule has 4 rings (SSSR count). The molecule has 0 radical (unpaired) electrons. The molecule has 1 saturated carbocycles. The van der Waals surface area contributed by atoms with Gasteiger partial charge in [-0.2, -0.15) is 5.10 Å². The minimum Gasteiger partial charge on any atom is -0.355 e. The maximum absolute atomic E-state index is 13.6. The van der Waals surface area contributed by atoms with Crippen molar-refractivity contribution in [2.24, 2.45) is 12.0 Å². The zero-order valence-corrected chi connectivity index (χ0v) is 18.2. The molecule has 0 amide bonds. The van der Waals surface area contributed by atoms with Crippen LogP contribution in [-0.2, 0) is 12.5 Å². The van der Waals surface area contributed by atoms with Crippen LogP contribution in [0.5, 0.6) is 0 Å². The summed E-state index contributed by atoms with van der Waals surface area (Å²) < 4.78 is 15.4. The van der Waals surface area contributed by atoms with E-state index >= 15 is 0 Å². The van der Waals surface area contributed by atoms with Crippen molar-refractivity contribution in [3.63, 3.8) is 0 Å². The molecule has 1 saturated heterocycles. The number of likely N-dealkylation sites (tertiary alicyclic amines) is 1. The number of guanidine groups is 1. The zero-order chi connectivity index (χ0) is 18.1. The topological polar surface area (TPSA) is 45.5 Å². The number of aryl methyl sites for hydroxylation is 1.